The lowest BCUT2D eigenvalue weighted by Crippen LogP contribution is -1.98. The van der Waals surface area contributed by atoms with Gasteiger partial charge in [0.15, 0.2) is 0 Å². The third kappa shape index (κ3) is 5.01. The van der Waals surface area contributed by atoms with Crippen molar-refractivity contribution in [3.05, 3.63) is 88.5 Å². The van der Waals surface area contributed by atoms with Crippen molar-refractivity contribution in [2.75, 3.05) is 0 Å². The van der Waals surface area contributed by atoms with Crippen LogP contribution in [0.5, 0.6) is 5.75 Å². The summed E-state index contributed by atoms with van der Waals surface area (Å²) in [5.41, 5.74) is 8.47. The zero-order valence-corrected chi connectivity index (χ0v) is 16.7. The van der Waals surface area contributed by atoms with Gasteiger partial charge in [-0.05, 0) is 78.8 Å². The molecular weight excluding hydrogens is 348 g/mol. The third-order valence-corrected chi connectivity index (χ3v) is 4.85. The second-order valence-electron chi connectivity index (χ2n) is 7.30. The second-order valence-corrected chi connectivity index (χ2v) is 7.30. The van der Waals surface area contributed by atoms with E-state index in [1.165, 1.54) is 27.8 Å². The van der Waals surface area contributed by atoms with Gasteiger partial charge in [0.05, 0.1) is 0 Å². The topological polar surface area (TPSA) is 46.5 Å². The van der Waals surface area contributed by atoms with E-state index in [2.05, 4.69) is 57.2 Å². The van der Waals surface area contributed by atoms with E-state index in [-0.39, 0.29) is 6.42 Å². The molecule has 0 unspecified atom stereocenters. The van der Waals surface area contributed by atoms with Gasteiger partial charge in [-0.25, -0.2) is 0 Å². The van der Waals surface area contributed by atoms with Gasteiger partial charge >= 0.3 is 5.97 Å². The SMILES string of the molecule is Cc1cc(C)c(-c2cccc(COc3ccc(CCC(=O)O)cc3)c2)c(C)c1. The molecule has 0 atom stereocenters. The molecule has 28 heavy (non-hydrogen) atoms. The molecule has 0 aliphatic carbocycles. The van der Waals surface area contributed by atoms with Crippen LogP contribution in [-0.2, 0) is 17.8 Å². The molecule has 0 aromatic heterocycles. The molecule has 3 nitrogen and oxygen atoms in total. The summed E-state index contributed by atoms with van der Waals surface area (Å²) in [5.74, 6) is 0.00596. The standard InChI is InChI=1S/C25H26O3/c1-17-13-18(2)25(19(3)14-17)22-6-4-5-21(15-22)16-28-23-10-7-20(8-11-23)9-12-24(26)27/h4-8,10-11,13-15H,9,12,16H2,1-3H3,(H,26,27). The summed E-state index contributed by atoms with van der Waals surface area (Å²) in [6.07, 6.45) is 0.678. The van der Waals surface area contributed by atoms with E-state index in [9.17, 15) is 4.79 Å². The molecule has 0 aliphatic rings. The van der Waals surface area contributed by atoms with E-state index >= 15 is 0 Å². The molecule has 0 saturated carbocycles. The summed E-state index contributed by atoms with van der Waals surface area (Å²) in [5, 5.41) is 8.77. The van der Waals surface area contributed by atoms with Gasteiger partial charge in [-0.15, -0.1) is 0 Å². The van der Waals surface area contributed by atoms with Crippen LogP contribution in [-0.4, -0.2) is 11.1 Å². The van der Waals surface area contributed by atoms with E-state index in [0.717, 1.165) is 16.9 Å². The fraction of sp³-hybridized carbons (Fsp3) is 0.240. The predicted molar refractivity (Wildman–Crippen MR) is 113 cm³/mol. The van der Waals surface area contributed by atoms with Crippen LogP contribution in [0.25, 0.3) is 11.1 Å². The number of rotatable bonds is 7. The fourth-order valence-electron chi connectivity index (χ4n) is 3.62. The van der Waals surface area contributed by atoms with Crippen LogP contribution in [0.1, 0.15) is 34.2 Å². The van der Waals surface area contributed by atoms with Gasteiger partial charge in [-0.3, -0.25) is 4.79 Å². The minimum absolute atomic E-state index is 0.144. The Morgan fingerprint density at radius 2 is 1.57 bits per heavy atom. The van der Waals surface area contributed by atoms with Crippen LogP contribution in [0, 0.1) is 20.8 Å². The van der Waals surface area contributed by atoms with Gasteiger partial charge in [-0.1, -0.05) is 48.0 Å². The van der Waals surface area contributed by atoms with E-state index in [0.29, 0.717) is 13.0 Å². The molecule has 1 N–H and O–H groups in total. The van der Waals surface area contributed by atoms with Gasteiger partial charge in [0, 0.05) is 6.42 Å². The van der Waals surface area contributed by atoms with Crippen molar-refractivity contribution in [3.63, 3.8) is 0 Å². The number of carbonyl (C=O) groups is 1. The quantitative estimate of drug-likeness (QED) is 0.562. The predicted octanol–water partition coefficient (Wildman–Crippen LogP) is 5.88. The third-order valence-electron chi connectivity index (χ3n) is 4.85. The highest BCUT2D eigenvalue weighted by Gasteiger charge is 2.08. The Morgan fingerprint density at radius 3 is 2.21 bits per heavy atom. The summed E-state index contributed by atoms with van der Waals surface area (Å²) >= 11 is 0. The Kier molecular flexibility index (Phi) is 6.15. The Bertz CT molecular complexity index is 948. The van der Waals surface area contributed by atoms with Crippen molar-refractivity contribution in [1.29, 1.82) is 0 Å². The van der Waals surface area contributed by atoms with Crippen LogP contribution in [0.15, 0.2) is 60.7 Å². The highest BCUT2D eigenvalue weighted by atomic mass is 16.5. The maximum atomic E-state index is 10.7. The van der Waals surface area contributed by atoms with Crippen LogP contribution < -0.4 is 4.74 Å². The highest BCUT2D eigenvalue weighted by molar-refractivity contribution is 5.71. The molecule has 0 fully saturated rings. The van der Waals surface area contributed by atoms with Crippen molar-refractivity contribution < 1.29 is 14.6 Å². The molecule has 0 aliphatic heterocycles. The Labute approximate surface area is 166 Å². The molecular formula is C25H26O3. The van der Waals surface area contributed by atoms with Crippen molar-refractivity contribution in [3.8, 4) is 16.9 Å². The van der Waals surface area contributed by atoms with Crippen molar-refractivity contribution in [2.24, 2.45) is 0 Å². The molecule has 3 aromatic carbocycles. The molecule has 3 heteroatoms. The van der Waals surface area contributed by atoms with Crippen LogP contribution >= 0.6 is 0 Å². The molecule has 3 rings (SSSR count). The summed E-state index contributed by atoms with van der Waals surface area (Å²) < 4.78 is 5.93. The lowest BCUT2D eigenvalue weighted by atomic mass is 9.93. The number of aliphatic carboxylic acids is 1. The lowest BCUT2D eigenvalue weighted by Gasteiger charge is -2.13. The average molecular weight is 374 g/mol. The number of ether oxygens (including phenoxy) is 1. The Balaban J connectivity index is 1.69. The van der Waals surface area contributed by atoms with Gasteiger partial charge in [0.25, 0.3) is 0 Å². The van der Waals surface area contributed by atoms with Crippen molar-refractivity contribution >= 4 is 5.97 Å². The second kappa shape index (κ2) is 8.75. The van der Waals surface area contributed by atoms with E-state index in [1.807, 2.05) is 24.3 Å². The monoisotopic (exact) mass is 374 g/mol. The number of carboxylic acids is 1. The van der Waals surface area contributed by atoms with Crippen LogP contribution in [0.3, 0.4) is 0 Å². The van der Waals surface area contributed by atoms with E-state index in [4.69, 9.17) is 9.84 Å². The average Bonchev–Trinajstić information content (AvgIpc) is 2.65. The molecule has 0 bridgehead atoms. The maximum absolute atomic E-state index is 10.7. The zero-order valence-electron chi connectivity index (χ0n) is 16.7. The summed E-state index contributed by atoms with van der Waals surface area (Å²) in [6.45, 7) is 6.93. The normalized spacial score (nSPS) is 10.7. The fourth-order valence-corrected chi connectivity index (χ4v) is 3.62. The van der Waals surface area contributed by atoms with Crippen LogP contribution in [0.4, 0.5) is 0 Å². The van der Waals surface area contributed by atoms with E-state index < -0.39 is 5.97 Å². The van der Waals surface area contributed by atoms with E-state index in [1.54, 1.807) is 0 Å². The number of benzene rings is 3. The maximum Gasteiger partial charge on any atom is 0.303 e. The lowest BCUT2D eigenvalue weighted by molar-refractivity contribution is -0.136. The minimum Gasteiger partial charge on any atom is -0.489 e. The van der Waals surface area contributed by atoms with Crippen LogP contribution in [0.2, 0.25) is 0 Å². The van der Waals surface area contributed by atoms with Gasteiger partial charge in [-0.2, -0.15) is 0 Å². The first kappa shape index (κ1) is 19.7. The molecule has 0 spiro atoms. The Morgan fingerprint density at radius 1 is 0.893 bits per heavy atom. The highest BCUT2D eigenvalue weighted by Crippen LogP contribution is 2.29. The van der Waals surface area contributed by atoms with Crippen molar-refractivity contribution in [1.82, 2.24) is 0 Å². The largest absolute Gasteiger partial charge is 0.489 e. The summed E-state index contributed by atoms with van der Waals surface area (Å²) in [4.78, 5) is 10.7. The summed E-state index contributed by atoms with van der Waals surface area (Å²) in [6, 6.07) is 20.6. The van der Waals surface area contributed by atoms with Gasteiger partial charge < -0.3 is 9.84 Å². The first-order valence-electron chi connectivity index (χ1n) is 9.53. The molecule has 0 heterocycles. The Hall–Kier alpha value is -3.07. The first-order valence-corrected chi connectivity index (χ1v) is 9.53. The molecule has 144 valence electrons. The van der Waals surface area contributed by atoms with Gasteiger partial charge in [0.2, 0.25) is 0 Å². The number of hydrogen-bond donors (Lipinski definition) is 1. The number of aryl methyl sites for hydroxylation is 4. The zero-order chi connectivity index (χ0) is 20.1. The molecule has 0 radical (unpaired) electrons. The number of hydrogen-bond acceptors (Lipinski definition) is 2. The van der Waals surface area contributed by atoms with Gasteiger partial charge in [0.1, 0.15) is 12.4 Å². The molecule has 0 amide bonds. The molecule has 3 aromatic rings. The summed E-state index contributed by atoms with van der Waals surface area (Å²) in [7, 11) is 0. The first-order chi connectivity index (χ1) is 13.4. The van der Waals surface area contributed by atoms with Crippen molar-refractivity contribution in [2.45, 2.75) is 40.2 Å². The smallest absolute Gasteiger partial charge is 0.303 e. The number of carboxylic acid groups (broad SMARTS) is 1. The molecule has 0 saturated heterocycles. The minimum atomic E-state index is -0.778.